The zero-order valence-corrected chi connectivity index (χ0v) is 14.0. The summed E-state index contributed by atoms with van der Waals surface area (Å²) >= 11 is 0. The number of halogens is 1. The smallest absolute Gasteiger partial charge is 0.229 e. The molecule has 7 heteroatoms. The number of hydrogen-bond donors (Lipinski definition) is 1. The maximum absolute atomic E-state index is 13.1. The Balaban J connectivity index is 1.72. The summed E-state index contributed by atoms with van der Waals surface area (Å²) in [4.78, 5) is 20.1. The number of aromatic nitrogens is 4. The lowest BCUT2D eigenvalue weighted by Crippen LogP contribution is -2.34. The molecule has 0 saturated carbocycles. The number of benzene rings is 1. The van der Waals surface area contributed by atoms with Crippen LogP contribution in [0.15, 0.2) is 36.7 Å². The molecular formula is C18H19FN6. The SMILES string of the molecule is CC1CCN(c2nc(Nc3ccc(F)cc3)c3nccnc3n2)CC1. The van der Waals surface area contributed by atoms with Crippen LogP contribution >= 0.6 is 0 Å². The van der Waals surface area contributed by atoms with E-state index in [9.17, 15) is 4.39 Å². The topological polar surface area (TPSA) is 66.8 Å². The Morgan fingerprint density at radius 1 is 1.04 bits per heavy atom. The van der Waals surface area contributed by atoms with Gasteiger partial charge in [0.05, 0.1) is 0 Å². The number of piperidine rings is 1. The van der Waals surface area contributed by atoms with E-state index in [1.165, 1.54) is 12.1 Å². The van der Waals surface area contributed by atoms with Crippen molar-refractivity contribution in [3.8, 4) is 0 Å². The number of anilines is 3. The molecule has 1 fully saturated rings. The number of fused-ring (bicyclic) bond motifs is 1. The van der Waals surface area contributed by atoms with Gasteiger partial charge in [0, 0.05) is 31.2 Å². The van der Waals surface area contributed by atoms with Crippen molar-refractivity contribution >= 4 is 28.6 Å². The van der Waals surface area contributed by atoms with Gasteiger partial charge in [-0.25, -0.2) is 14.4 Å². The van der Waals surface area contributed by atoms with Gasteiger partial charge in [0.15, 0.2) is 17.0 Å². The van der Waals surface area contributed by atoms with Gasteiger partial charge in [0.2, 0.25) is 5.95 Å². The van der Waals surface area contributed by atoms with E-state index in [2.05, 4.69) is 37.1 Å². The molecular weight excluding hydrogens is 319 g/mol. The van der Waals surface area contributed by atoms with Gasteiger partial charge in [-0.2, -0.15) is 9.97 Å². The third-order valence-electron chi connectivity index (χ3n) is 4.49. The monoisotopic (exact) mass is 338 g/mol. The van der Waals surface area contributed by atoms with Crippen LogP contribution in [0.2, 0.25) is 0 Å². The summed E-state index contributed by atoms with van der Waals surface area (Å²) in [5.41, 5.74) is 1.89. The minimum Gasteiger partial charge on any atom is -0.341 e. The van der Waals surface area contributed by atoms with Crippen molar-refractivity contribution < 1.29 is 4.39 Å². The first-order chi connectivity index (χ1) is 12.2. The van der Waals surface area contributed by atoms with E-state index in [-0.39, 0.29) is 5.82 Å². The third-order valence-corrected chi connectivity index (χ3v) is 4.49. The minimum absolute atomic E-state index is 0.277. The molecule has 4 rings (SSSR count). The minimum atomic E-state index is -0.277. The number of rotatable bonds is 3. The molecule has 0 bridgehead atoms. The fourth-order valence-electron chi connectivity index (χ4n) is 2.96. The van der Waals surface area contributed by atoms with Crippen molar-refractivity contribution in [2.45, 2.75) is 19.8 Å². The van der Waals surface area contributed by atoms with Crippen LogP contribution in [0.1, 0.15) is 19.8 Å². The largest absolute Gasteiger partial charge is 0.341 e. The van der Waals surface area contributed by atoms with Gasteiger partial charge >= 0.3 is 0 Å². The lowest BCUT2D eigenvalue weighted by Gasteiger charge is -2.30. The summed E-state index contributed by atoms with van der Waals surface area (Å²) in [6.45, 7) is 4.14. The van der Waals surface area contributed by atoms with E-state index >= 15 is 0 Å². The normalized spacial score (nSPS) is 15.5. The quantitative estimate of drug-likeness (QED) is 0.788. The van der Waals surface area contributed by atoms with Crippen LogP contribution in [0.3, 0.4) is 0 Å². The van der Waals surface area contributed by atoms with Gasteiger partial charge in [0.25, 0.3) is 0 Å². The molecule has 2 aromatic heterocycles. The molecule has 1 aliphatic rings. The second-order valence-electron chi connectivity index (χ2n) is 6.40. The van der Waals surface area contributed by atoms with Crippen molar-refractivity contribution in [1.29, 1.82) is 0 Å². The molecule has 6 nitrogen and oxygen atoms in total. The maximum atomic E-state index is 13.1. The molecule has 3 aromatic rings. The van der Waals surface area contributed by atoms with Gasteiger partial charge in [-0.05, 0) is 43.0 Å². The van der Waals surface area contributed by atoms with Crippen LogP contribution < -0.4 is 10.2 Å². The average molecular weight is 338 g/mol. The molecule has 0 atom stereocenters. The molecule has 3 heterocycles. The second kappa shape index (κ2) is 6.58. The Labute approximate surface area is 145 Å². The lowest BCUT2D eigenvalue weighted by atomic mass is 10.00. The summed E-state index contributed by atoms with van der Waals surface area (Å²) in [6, 6.07) is 6.15. The Morgan fingerprint density at radius 2 is 1.76 bits per heavy atom. The zero-order valence-electron chi connectivity index (χ0n) is 14.0. The first-order valence-electron chi connectivity index (χ1n) is 8.45. The van der Waals surface area contributed by atoms with Gasteiger partial charge in [-0.1, -0.05) is 6.92 Å². The highest BCUT2D eigenvalue weighted by Crippen LogP contribution is 2.26. The van der Waals surface area contributed by atoms with E-state index in [0.29, 0.717) is 22.9 Å². The van der Waals surface area contributed by atoms with E-state index in [4.69, 9.17) is 0 Å². The summed E-state index contributed by atoms with van der Waals surface area (Å²) < 4.78 is 13.1. The fourth-order valence-corrected chi connectivity index (χ4v) is 2.96. The molecule has 0 spiro atoms. The first-order valence-corrected chi connectivity index (χ1v) is 8.45. The highest BCUT2D eigenvalue weighted by molar-refractivity contribution is 5.85. The highest BCUT2D eigenvalue weighted by Gasteiger charge is 2.20. The van der Waals surface area contributed by atoms with Crippen LogP contribution in [-0.2, 0) is 0 Å². The van der Waals surface area contributed by atoms with Crippen LogP contribution in [0.5, 0.6) is 0 Å². The number of hydrogen-bond acceptors (Lipinski definition) is 6. The second-order valence-corrected chi connectivity index (χ2v) is 6.40. The average Bonchev–Trinajstić information content (AvgIpc) is 2.64. The Morgan fingerprint density at radius 3 is 2.52 bits per heavy atom. The molecule has 0 radical (unpaired) electrons. The van der Waals surface area contributed by atoms with Crippen molar-refractivity contribution in [2.75, 3.05) is 23.3 Å². The van der Waals surface area contributed by atoms with Crippen LogP contribution in [0.25, 0.3) is 11.2 Å². The molecule has 0 aliphatic carbocycles. The molecule has 1 aliphatic heterocycles. The maximum Gasteiger partial charge on any atom is 0.229 e. The summed E-state index contributed by atoms with van der Waals surface area (Å²) in [7, 11) is 0. The fraction of sp³-hybridized carbons (Fsp3) is 0.333. The lowest BCUT2D eigenvalue weighted by molar-refractivity contribution is 0.435. The summed E-state index contributed by atoms with van der Waals surface area (Å²) in [6.07, 6.45) is 5.49. The van der Waals surface area contributed by atoms with Crippen LogP contribution in [0.4, 0.5) is 21.8 Å². The first kappa shape index (κ1) is 15.7. The van der Waals surface area contributed by atoms with Crippen molar-refractivity contribution in [1.82, 2.24) is 19.9 Å². The van der Waals surface area contributed by atoms with Crippen molar-refractivity contribution in [3.05, 3.63) is 42.5 Å². The third kappa shape index (κ3) is 3.35. The van der Waals surface area contributed by atoms with Crippen molar-refractivity contribution in [2.24, 2.45) is 5.92 Å². The van der Waals surface area contributed by atoms with E-state index in [1.54, 1.807) is 24.5 Å². The molecule has 128 valence electrons. The molecule has 1 N–H and O–H groups in total. The number of nitrogens with zero attached hydrogens (tertiary/aromatic N) is 5. The predicted molar refractivity (Wildman–Crippen MR) is 95.4 cm³/mol. The van der Waals surface area contributed by atoms with Crippen molar-refractivity contribution in [3.63, 3.8) is 0 Å². The molecule has 0 unspecified atom stereocenters. The Bertz CT molecular complexity index is 874. The van der Waals surface area contributed by atoms with E-state index in [1.807, 2.05) is 0 Å². The van der Waals surface area contributed by atoms with Gasteiger partial charge in [-0.15, -0.1) is 0 Å². The molecule has 25 heavy (non-hydrogen) atoms. The predicted octanol–water partition coefficient (Wildman–Crippen LogP) is 3.54. The molecule has 1 aromatic carbocycles. The van der Waals surface area contributed by atoms with Gasteiger partial charge in [0.1, 0.15) is 5.82 Å². The Hall–Kier alpha value is -2.83. The number of nitrogens with one attached hydrogen (secondary N) is 1. The summed E-state index contributed by atoms with van der Waals surface area (Å²) in [5.74, 6) is 1.69. The molecule has 1 saturated heterocycles. The highest BCUT2D eigenvalue weighted by atomic mass is 19.1. The Kier molecular flexibility index (Phi) is 4.13. The van der Waals surface area contributed by atoms with E-state index < -0.39 is 0 Å². The van der Waals surface area contributed by atoms with Crippen LogP contribution in [-0.4, -0.2) is 33.0 Å². The summed E-state index contributed by atoms with van der Waals surface area (Å²) in [5, 5.41) is 3.22. The van der Waals surface area contributed by atoms with Crippen LogP contribution in [0, 0.1) is 11.7 Å². The van der Waals surface area contributed by atoms with E-state index in [0.717, 1.165) is 37.5 Å². The van der Waals surface area contributed by atoms with Gasteiger partial charge in [-0.3, -0.25) is 0 Å². The standard InChI is InChI=1S/C18H19FN6/c1-12-6-10-25(11-7-12)18-23-16-15(20-8-9-21-16)17(24-18)22-14-4-2-13(19)3-5-14/h2-5,8-9,12H,6-7,10-11H2,1H3,(H,21,22,23,24). The molecule has 0 amide bonds. The zero-order chi connectivity index (χ0) is 17.2. The van der Waals surface area contributed by atoms with Gasteiger partial charge < -0.3 is 10.2 Å².